The van der Waals surface area contributed by atoms with E-state index >= 15 is 0 Å². The lowest BCUT2D eigenvalue weighted by Gasteiger charge is -2.09. The average molecular weight is 365 g/mol. The van der Waals surface area contributed by atoms with Gasteiger partial charge in [-0.15, -0.1) is 5.10 Å². The second kappa shape index (κ2) is 7.39. The van der Waals surface area contributed by atoms with E-state index in [2.05, 4.69) is 27.1 Å². The van der Waals surface area contributed by atoms with E-state index < -0.39 is 0 Å². The molecule has 0 N–H and O–H groups in total. The lowest BCUT2D eigenvalue weighted by molar-refractivity contribution is -0.128. The molecule has 27 heavy (non-hydrogen) atoms. The maximum Gasteiger partial charge on any atom is 0.223 e. The van der Waals surface area contributed by atoms with Crippen LogP contribution in [0.3, 0.4) is 0 Å². The normalized spacial score (nSPS) is 15.8. The van der Waals surface area contributed by atoms with Crippen LogP contribution in [0.25, 0.3) is 11.4 Å². The predicted octanol–water partition coefficient (Wildman–Crippen LogP) is 2.12. The number of pyridine rings is 1. The summed E-state index contributed by atoms with van der Waals surface area (Å²) in [7, 11) is 3.49. The largest absolute Gasteiger partial charge is 0.488 e. The summed E-state index contributed by atoms with van der Waals surface area (Å²) in [6.07, 6.45) is 8.73. The zero-order valence-electron chi connectivity index (χ0n) is 15.7. The number of aryl methyl sites for hydroxylation is 1. The molecule has 0 spiro atoms. The molecule has 0 bridgehead atoms. The Balaban J connectivity index is 1.53. The van der Waals surface area contributed by atoms with Gasteiger partial charge in [-0.2, -0.15) is 0 Å². The molecule has 0 unspecified atom stereocenters. The Morgan fingerprint density at radius 3 is 2.85 bits per heavy atom. The number of carbonyl (C=O) groups excluding carboxylic acids is 1. The minimum Gasteiger partial charge on any atom is -0.488 e. The highest BCUT2D eigenvalue weighted by Gasteiger charge is 2.26. The number of amides is 1. The number of aromatic nitrogens is 4. The summed E-state index contributed by atoms with van der Waals surface area (Å²) in [4.78, 5) is 17.9. The van der Waals surface area contributed by atoms with Gasteiger partial charge in [-0.3, -0.25) is 9.48 Å². The van der Waals surface area contributed by atoms with Crippen LogP contribution in [0.1, 0.15) is 37.7 Å². The van der Waals surface area contributed by atoms with Gasteiger partial charge >= 0.3 is 0 Å². The summed E-state index contributed by atoms with van der Waals surface area (Å²) in [5.74, 6) is 7.75. The molecular weight excluding hydrogens is 342 g/mol. The van der Waals surface area contributed by atoms with Crippen molar-refractivity contribution < 1.29 is 9.53 Å². The average Bonchev–Trinajstić information content (AvgIpc) is 3.58. The van der Waals surface area contributed by atoms with Crippen molar-refractivity contribution in [3.05, 3.63) is 24.0 Å². The maximum atomic E-state index is 11.7. The molecule has 7 heteroatoms. The fraction of sp³-hybridized carbons (Fsp3) is 0.500. The van der Waals surface area contributed by atoms with Crippen LogP contribution in [0.15, 0.2) is 18.5 Å². The van der Waals surface area contributed by atoms with E-state index in [-0.39, 0.29) is 12.0 Å². The van der Waals surface area contributed by atoms with Crippen molar-refractivity contribution in [3.63, 3.8) is 0 Å². The van der Waals surface area contributed by atoms with E-state index in [1.807, 2.05) is 6.07 Å². The molecule has 0 atom stereocenters. The number of rotatable bonds is 6. The van der Waals surface area contributed by atoms with Gasteiger partial charge in [-0.05, 0) is 31.7 Å². The van der Waals surface area contributed by atoms with Crippen molar-refractivity contribution >= 4 is 5.91 Å². The Morgan fingerprint density at radius 1 is 1.33 bits per heavy atom. The Labute approximate surface area is 158 Å². The van der Waals surface area contributed by atoms with Gasteiger partial charge < -0.3 is 9.64 Å². The maximum absolute atomic E-state index is 11.7. The van der Waals surface area contributed by atoms with Crippen LogP contribution in [0.4, 0.5) is 0 Å². The van der Waals surface area contributed by atoms with Gasteiger partial charge in [-0.25, -0.2) is 4.98 Å². The molecule has 0 radical (unpaired) electrons. The minimum atomic E-state index is 0.0570. The third-order valence-corrected chi connectivity index (χ3v) is 4.50. The molecule has 2 aromatic rings. The fourth-order valence-corrected chi connectivity index (χ4v) is 2.52. The van der Waals surface area contributed by atoms with Gasteiger partial charge in [0, 0.05) is 38.2 Å². The topological polar surface area (TPSA) is 73.1 Å². The van der Waals surface area contributed by atoms with E-state index in [4.69, 9.17) is 4.74 Å². The third kappa shape index (κ3) is 4.64. The molecule has 2 aliphatic rings. The monoisotopic (exact) mass is 365 g/mol. The van der Waals surface area contributed by atoms with Crippen molar-refractivity contribution in [1.29, 1.82) is 0 Å². The van der Waals surface area contributed by atoms with Crippen molar-refractivity contribution in [1.82, 2.24) is 24.9 Å². The van der Waals surface area contributed by atoms with Gasteiger partial charge in [0.05, 0.1) is 18.8 Å². The Bertz CT molecular complexity index is 901. The first-order chi connectivity index (χ1) is 13.1. The van der Waals surface area contributed by atoms with Crippen molar-refractivity contribution in [3.8, 4) is 29.0 Å². The number of carbonyl (C=O) groups is 1. The zero-order valence-corrected chi connectivity index (χ0v) is 15.7. The Kier molecular flexibility index (Phi) is 4.80. The molecule has 0 aromatic carbocycles. The van der Waals surface area contributed by atoms with Crippen LogP contribution in [0, 0.1) is 17.8 Å². The van der Waals surface area contributed by atoms with Crippen LogP contribution in [0.2, 0.25) is 0 Å². The SMILES string of the molecule is CN(C)C(=O)CCn1cc(-c2ncc(C#CC3CC3)cc2OC2CC2)nn1. The first-order valence-electron chi connectivity index (χ1n) is 9.37. The van der Waals surface area contributed by atoms with Gasteiger partial charge in [0.2, 0.25) is 5.91 Å². The number of ether oxygens (including phenoxy) is 1. The first kappa shape index (κ1) is 17.5. The van der Waals surface area contributed by atoms with Crippen LogP contribution in [-0.4, -0.2) is 51.0 Å². The summed E-state index contributed by atoms with van der Waals surface area (Å²) in [6.45, 7) is 0.480. The van der Waals surface area contributed by atoms with Gasteiger partial charge in [0.15, 0.2) is 0 Å². The second-order valence-corrected chi connectivity index (χ2v) is 7.34. The molecule has 2 heterocycles. The molecule has 2 saturated carbocycles. The lowest BCUT2D eigenvalue weighted by Crippen LogP contribution is -2.22. The lowest BCUT2D eigenvalue weighted by atomic mass is 10.2. The van der Waals surface area contributed by atoms with E-state index in [1.54, 1.807) is 36.1 Å². The molecule has 7 nitrogen and oxygen atoms in total. The van der Waals surface area contributed by atoms with Crippen LogP contribution >= 0.6 is 0 Å². The van der Waals surface area contributed by atoms with E-state index in [1.165, 1.54) is 12.8 Å². The van der Waals surface area contributed by atoms with E-state index in [0.717, 1.165) is 18.4 Å². The fourth-order valence-electron chi connectivity index (χ4n) is 2.52. The summed E-state index contributed by atoms with van der Waals surface area (Å²) in [6, 6.07) is 1.95. The molecule has 2 aliphatic carbocycles. The molecule has 0 aliphatic heterocycles. The zero-order chi connectivity index (χ0) is 18.8. The Hall–Kier alpha value is -2.88. The predicted molar refractivity (Wildman–Crippen MR) is 99.8 cm³/mol. The van der Waals surface area contributed by atoms with Crippen LogP contribution in [-0.2, 0) is 11.3 Å². The second-order valence-electron chi connectivity index (χ2n) is 7.34. The van der Waals surface area contributed by atoms with Crippen LogP contribution < -0.4 is 4.74 Å². The third-order valence-electron chi connectivity index (χ3n) is 4.50. The molecule has 4 rings (SSSR count). The first-order valence-corrected chi connectivity index (χ1v) is 9.37. The van der Waals surface area contributed by atoms with Crippen LogP contribution in [0.5, 0.6) is 5.75 Å². The molecule has 2 aromatic heterocycles. The number of nitrogens with zero attached hydrogens (tertiary/aromatic N) is 5. The van der Waals surface area contributed by atoms with E-state index in [9.17, 15) is 4.79 Å². The molecular formula is C20H23N5O2. The number of hydrogen-bond donors (Lipinski definition) is 0. The standard InChI is InChI=1S/C20H23N5O2/c1-24(2)19(26)9-10-25-13-17(22-23-25)20-18(27-16-7-8-16)11-15(12-21-20)6-5-14-3-4-14/h11-14,16H,3-4,7-10H2,1-2H3. The molecule has 140 valence electrons. The highest BCUT2D eigenvalue weighted by atomic mass is 16.5. The van der Waals surface area contributed by atoms with Crippen molar-refractivity contribution in [2.45, 2.75) is 44.8 Å². The quantitative estimate of drug-likeness (QED) is 0.733. The molecule has 0 saturated heterocycles. The van der Waals surface area contributed by atoms with E-state index in [0.29, 0.717) is 36.0 Å². The van der Waals surface area contributed by atoms with Gasteiger partial charge in [0.1, 0.15) is 17.1 Å². The highest BCUT2D eigenvalue weighted by Crippen LogP contribution is 2.33. The smallest absolute Gasteiger partial charge is 0.223 e. The summed E-state index contributed by atoms with van der Waals surface area (Å²) in [5, 5.41) is 8.34. The van der Waals surface area contributed by atoms with Crippen molar-refractivity contribution in [2.75, 3.05) is 14.1 Å². The number of hydrogen-bond acceptors (Lipinski definition) is 5. The molecule has 1 amide bonds. The summed E-state index contributed by atoms with van der Waals surface area (Å²) >= 11 is 0. The van der Waals surface area contributed by atoms with Gasteiger partial charge in [0.25, 0.3) is 0 Å². The molecule has 2 fully saturated rings. The van der Waals surface area contributed by atoms with Gasteiger partial charge in [-0.1, -0.05) is 17.1 Å². The Morgan fingerprint density at radius 2 is 2.15 bits per heavy atom. The summed E-state index contributed by atoms with van der Waals surface area (Å²) < 4.78 is 7.71. The van der Waals surface area contributed by atoms with Crippen molar-refractivity contribution in [2.24, 2.45) is 5.92 Å². The highest BCUT2D eigenvalue weighted by molar-refractivity contribution is 5.75. The summed E-state index contributed by atoms with van der Waals surface area (Å²) in [5.41, 5.74) is 2.18. The minimum absolute atomic E-state index is 0.0570.